The van der Waals surface area contributed by atoms with Gasteiger partial charge in [-0.1, -0.05) is 6.92 Å². The van der Waals surface area contributed by atoms with Crippen molar-refractivity contribution in [3.63, 3.8) is 0 Å². The first-order chi connectivity index (χ1) is 4.75. The summed E-state index contributed by atoms with van der Waals surface area (Å²) in [5, 5.41) is 23.8. The molecule has 0 aliphatic heterocycles. The lowest BCUT2D eigenvalue weighted by atomic mass is 9.80. The second-order valence-corrected chi connectivity index (χ2v) is 2.03. The zero-order valence-electron chi connectivity index (χ0n) is 5.70. The molecule has 0 spiro atoms. The number of aromatic nitrogens is 2. The quantitative estimate of drug-likeness (QED) is 0.445. The minimum atomic E-state index is -1.41. The molecule has 0 amide bonds. The first kappa shape index (κ1) is 7.30. The van der Waals surface area contributed by atoms with Gasteiger partial charge in [-0.15, -0.1) is 0 Å². The number of rotatable bonds is 2. The summed E-state index contributed by atoms with van der Waals surface area (Å²) in [4.78, 5) is 0. The van der Waals surface area contributed by atoms with Crippen LogP contribution in [0.1, 0.15) is 12.6 Å². The van der Waals surface area contributed by atoms with Crippen molar-refractivity contribution in [2.24, 2.45) is 0 Å². The number of H-pyrrole nitrogens is 1. The van der Waals surface area contributed by atoms with Gasteiger partial charge in [-0.05, 0) is 6.42 Å². The third-order valence-electron chi connectivity index (χ3n) is 1.38. The Bertz CT molecular complexity index is 211. The van der Waals surface area contributed by atoms with Crippen molar-refractivity contribution in [3.05, 3.63) is 11.9 Å². The molecule has 0 saturated carbocycles. The zero-order valence-corrected chi connectivity index (χ0v) is 5.70. The molecule has 0 fully saturated rings. The smallest absolute Gasteiger partial charge is 0.423 e. The lowest BCUT2D eigenvalue weighted by molar-refractivity contribution is 0.425. The number of hydrogen-bond acceptors (Lipinski definition) is 3. The summed E-state index contributed by atoms with van der Waals surface area (Å²) in [6.45, 7) is 1.92. The van der Waals surface area contributed by atoms with Gasteiger partial charge >= 0.3 is 7.12 Å². The van der Waals surface area contributed by atoms with Crippen LogP contribution in [0.15, 0.2) is 6.20 Å². The van der Waals surface area contributed by atoms with Crippen molar-refractivity contribution >= 4 is 12.6 Å². The van der Waals surface area contributed by atoms with Crippen LogP contribution in [0.3, 0.4) is 0 Å². The Kier molecular flexibility index (Phi) is 2.08. The second kappa shape index (κ2) is 2.85. The summed E-state index contributed by atoms with van der Waals surface area (Å²) < 4.78 is 0. The number of hydrogen-bond donors (Lipinski definition) is 3. The van der Waals surface area contributed by atoms with Gasteiger partial charge in [0.1, 0.15) is 0 Å². The lowest BCUT2D eigenvalue weighted by Crippen LogP contribution is -2.31. The Morgan fingerprint density at radius 1 is 1.70 bits per heavy atom. The van der Waals surface area contributed by atoms with Crippen LogP contribution < -0.4 is 5.46 Å². The molecule has 1 aromatic heterocycles. The van der Waals surface area contributed by atoms with Crippen LogP contribution in [0.2, 0.25) is 0 Å². The van der Waals surface area contributed by atoms with Crippen molar-refractivity contribution in [1.29, 1.82) is 0 Å². The van der Waals surface area contributed by atoms with E-state index in [9.17, 15) is 0 Å². The maximum Gasteiger partial charge on any atom is 0.491 e. The van der Waals surface area contributed by atoms with Gasteiger partial charge in [-0.3, -0.25) is 5.10 Å². The van der Waals surface area contributed by atoms with Crippen LogP contribution >= 0.6 is 0 Å². The van der Waals surface area contributed by atoms with E-state index >= 15 is 0 Å². The lowest BCUT2D eigenvalue weighted by Gasteiger charge is -1.95. The highest BCUT2D eigenvalue weighted by molar-refractivity contribution is 6.59. The zero-order chi connectivity index (χ0) is 7.56. The average Bonchev–Trinajstić information content (AvgIpc) is 2.33. The Balaban J connectivity index is 2.90. The summed E-state index contributed by atoms with van der Waals surface area (Å²) in [5.41, 5.74) is 1.23. The summed E-state index contributed by atoms with van der Waals surface area (Å²) in [6.07, 6.45) is 2.15. The fraction of sp³-hybridized carbons (Fsp3) is 0.400. The maximum absolute atomic E-state index is 8.72. The van der Waals surface area contributed by atoms with Gasteiger partial charge in [0.15, 0.2) is 0 Å². The second-order valence-electron chi connectivity index (χ2n) is 2.03. The molecule has 0 unspecified atom stereocenters. The minimum absolute atomic E-state index is 0.461. The van der Waals surface area contributed by atoms with Crippen LogP contribution in [0, 0.1) is 0 Å². The molecule has 0 aliphatic carbocycles. The van der Waals surface area contributed by atoms with Crippen LogP contribution in [0.5, 0.6) is 0 Å². The number of nitrogens with one attached hydrogen (secondary N) is 1. The van der Waals surface area contributed by atoms with Gasteiger partial charge in [0, 0.05) is 17.4 Å². The van der Waals surface area contributed by atoms with Gasteiger partial charge in [0.2, 0.25) is 0 Å². The van der Waals surface area contributed by atoms with Crippen molar-refractivity contribution in [2.75, 3.05) is 0 Å². The van der Waals surface area contributed by atoms with Gasteiger partial charge in [-0.25, -0.2) is 0 Å². The highest BCUT2D eigenvalue weighted by Gasteiger charge is 2.15. The van der Waals surface area contributed by atoms with E-state index in [1.807, 2.05) is 6.92 Å². The number of aromatic amines is 1. The van der Waals surface area contributed by atoms with Crippen molar-refractivity contribution in [1.82, 2.24) is 10.2 Å². The summed E-state index contributed by atoms with van der Waals surface area (Å²) >= 11 is 0. The highest BCUT2D eigenvalue weighted by Crippen LogP contribution is 1.89. The van der Waals surface area contributed by atoms with Gasteiger partial charge in [0.25, 0.3) is 0 Å². The Morgan fingerprint density at radius 2 is 2.40 bits per heavy atom. The minimum Gasteiger partial charge on any atom is -0.423 e. The highest BCUT2D eigenvalue weighted by atomic mass is 16.4. The molecule has 0 bridgehead atoms. The van der Waals surface area contributed by atoms with Crippen LogP contribution in [-0.4, -0.2) is 27.4 Å². The largest absolute Gasteiger partial charge is 0.491 e. The van der Waals surface area contributed by atoms with E-state index in [0.29, 0.717) is 5.46 Å². The Labute approximate surface area is 59.0 Å². The summed E-state index contributed by atoms with van der Waals surface area (Å²) in [6, 6.07) is 0. The molecular formula is C5H9BN2O2. The molecule has 10 heavy (non-hydrogen) atoms. The first-order valence-electron chi connectivity index (χ1n) is 3.14. The van der Waals surface area contributed by atoms with E-state index in [2.05, 4.69) is 10.2 Å². The summed E-state index contributed by atoms with van der Waals surface area (Å²) in [7, 11) is -1.41. The molecule has 4 nitrogen and oxygen atoms in total. The molecule has 54 valence electrons. The standard InChI is InChI=1S/C5H9BN2O2/c1-2-5-4(6(9)10)3-7-8-5/h3,9-10H,2H2,1H3,(H,7,8). The molecule has 0 saturated heterocycles. The van der Waals surface area contributed by atoms with E-state index in [-0.39, 0.29) is 0 Å². The number of aryl methyl sites for hydroxylation is 1. The molecule has 0 radical (unpaired) electrons. The van der Waals surface area contributed by atoms with E-state index in [0.717, 1.165) is 12.1 Å². The third-order valence-corrected chi connectivity index (χ3v) is 1.38. The molecule has 5 heteroatoms. The van der Waals surface area contributed by atoms with Crippen LogP contribution in [-0.2, 0) is 6.42 Å². The summed E-state index contributed by atoms with van der Waals surface area (Å²) in [5.74, 6) is 0. The maximum atomic E-state index is 8.72. The molecule has 0 aromatic carbocycles. The van der Waals surface area contributed by atoms with Crippen molar-refractivity contribution < 1.29 is 10.0 Å². The fourth-order valence-electron chi connectivity index (χ4n) is 0.828. The third kappa shape index (κ3) is 1.20. The monoisotopic (exact) mass is 140 g/mol. The van der Waals surface area contributed by atoms with Crippen LogP contribution in [0.4, 0.5) is 0 Å². The van der Waals surface area contributed by atoms with E-state index in [1.54, 1.807) is 0 Å². The van der Waals surface area contributed by atoms with E-state index in [4.69, 9.17) is 10.0 Å². The Morgan fingerprint density at radius 3 is 2.80 bits per heavy atom. The van der Waals surface area contributed by atoms with Crippen molar-refractivity contribution in [3.8, 4) is 0 Å². The predicted molar refractivity (Wildman–Crippen MR) is 37.8 cm³/mol. The van der Waals surface area contributed by atoms with E-state index in [1.165, 1.54) is 6.20 Å². The van der Waals surface area contributed by atoms with Gasteiger partial charge in [0.05, 0.1) is 0 Å². The average molecular weight is 140 g/mol. The number of nitrogens with zero attached hydrogens (tertiary/aromatic N) is 1. The van der Waals surface area contributed by atoms with Crippen LogP contribution in [0.25, 0.3) is 0 Å². The SMILES string of the molecule is CCc1[nH]ncc1B(O)O. The van der Waals surface area contributed by atoms with Crippen molar-refractivity contribution in [2.45, 2.75) is 13.3 Å². The molecule has 3 N–H and O–H groups in total. The molecule has 0 atom stereocenters. The van der Waals surface area contributed by atoms with Gasteiger partial charge < -0.3 is 10.0 Å². The normalized spacial score (nSPS) is 9.90. The van der Waals surface area contributed by atoms with E-state index < -0.39 is 7.12 Å². The van der Waals surface area contributed by atoms with Gasteiger partial charge in [-0.2, -0.15) is 5.10 Å². The first-order valence-corrected chi connectivity index (χ1v) is 3.14. The fourth-order valence-corrected chi connectivity index (χ4v) is 0.828. The predicted octanol–water partition coefficient (Wildman–Crippen LogP) is -1.35. The molecular weight excluding hydrogens is 131 g/mol. The molecule has 0 aliphatic rings. The molecule has 1 rings (SSSR count). The topological polar surface area (TPSA) is 69.1 Å². The molecule has 1 aromatic rings. The Hall–Kier alpha value is -0.805. The molecule has 1 heterocycles.